The zero-order valence-corrected chi connectivity index (χ0v) is 14.5. The van der Waals surface area contributed by atoms with Gasteiger partial charge in [0.05, 0.1) is 7.11 Å². The first-order valence-electron chi connectivity index (χ1n) is 8.27. The third-order valence-corrected chi connectivity index (χ3v) is 4.01. The molecule has 0 spiro atoms. The lowest BCUT2D eigenvalue weighted by molar-refractivity contribution is -0.671. The highest BCUT2D eigenvalue weighted by atomic mass is 16.5. The topological polar surface area (TPSA) is 65.3 Å². The standard InChI is InChI=1S/C20H21NO4/c1-14-3-5-16(6-4-14)24-10-9-21-13-15-11-20(22)25-19-12-17(23-2)7-8-18(15)19/h3-8,11-12,21H,9-10,13H2,1-2H3/p+1. The van der Waals surface area contributed by atoms with Gasteiger partial charge in [-0.15, -0.1) is 0 Å². The lowest BCUT2D eigenvalue weighted by Gasteiger charge is -2.08. The van der Waals surface area contributed by atoms with E-state index in [0.29, 0.717) is 24.5 Å². The molecular weight excluding hydrogens is 318 g/mol. The highest BCUT2D eigenvalue weighted by Crippen LogP contribution is 2.21. The summed E-state index contributed by atoms with van der Waals surface area (Å²) in [5.74, 6) is 1.54. The first-order chi connectivity index (χ1) is 12.2. The maximum Gasteiger partial charge on any atom is 0.336 e. The molecule has 0 fully saturated rings. The van der Waals surface area contributed by atoms with Crippen LogP contribution < -0.4 is 20.4 Å². The van der Waals surface area contributed by atoms with Gasteiger partial charge in [0.2, 0.25) is 0 Å². The average molecular weight is 340 g/mol. The van der Waals surface area contributed by atoms with Crippen molar-refractivity contribution in [2.45, 2.75) is 13.5 Å². The van der Waals surface area contributed by atoms with E-state index in [2.05, 4.69) is 5.32 Å². The van der Waals surface area contributed by atoms with E-state index < -0.39 is 0 Å². The lowest BCUT2D eigenvalue weighted by atomic mass is 10.1. The molecule has 2 aromatic carbocycles. The Morgan fingerprint density at radius 3 is 2.56 bits per heavy atom. The second-order valence-electron chi connectivity index (χ2n) is 5.90. The molecule has 0 atom stereocenters. The van der Waals surface area contributed by atoms with Crippen molar-refractivity contribution in [2.75, 3.05) is 20.3 Å². The van der Waals surface area contributed by atoms with E-state index in [9.17, 15) is 4.79 Å². The number of hydrogen-bond acceptors (Lipinski definition) is 4. The van der Waals surface area contributed by atoms with Crippen molar-refractivity contribution in [1.29, 1.82) is 0 Å². The highest BCUT2D eigenvalue weighted by molar-refractivity contribution is 5.81. The van der Waals surface area contributed by atoms with Crippen LogP contribution in [0.1, 0.15) is 11.1 Å². The van der Waals surface area contributed by atoms with Crippen LogP contribution in [0.3, 0.4) is 0 Å². The molecule has 5 heteroatoms. The van der Waals surface area contributed by atoms with Crippen LogP contribution in [0.4, 0.5) is 0 Å². The number of quaternary nitrogens is 1. The van der Waals surface area contributed by atoms with E-state index in [1.807, 2.05) is 43.3 Å². The van der Waals surface area contributed by atoms with Crippen molar-refractivity contribution in [1.82, 2.24) is 0 Å². The van der Waals surface area contributed by atoms with Crippen LogP contribution in [0.2, 0.25) is 0 Å². The maximum atomic E-state index is 11.8. The first kappa shape index (κ1) is 17.0. The molecule has 2 N–H and O–H groups in total. The second-order valence-corrected chi connectivity index (χ2v) is 5.90. The van der Waals surface area contributed by atoms with E-state index in [0.717, 1.165) is 23.2 Å². The SMILES string of the molecule is COc1ccc2c(C[NH2+]CCOc3ccc(C)cc3)cc(=O)oc2c1. The first-order valence-corrected chi connectivity index (χ1v) is 8.27. The van der Waals surface area contributed by atoms with Gasteiger partial charge in [-0.1, -0.05) is 17.7 Å². The Morgan fingerprint density at radius 2 is 1.80 bits per heavy atom. The van der Waals surface area contributed by atoms with Crippen molar-refractivity contribution >= 4 is 11.0 Å². The van der Waals surface area contributed by atoms with Crippen LogP contribution in [0.15, 0.2) is 57.7 Å². The molecule has 3 aromatic rings. The van der Waals surface area contributed by atoms with Crippen molar-refractivity contribution in [2.24, 2.45) is 0 Å². The summed E-state index contributed by atoms with van der Waals surface area (Å²) >= 11 is 0. The Balaban J connectivity index is 1.59. The molecule has 0 radical (unpaired) electrons. The molecule has 0 aliphatic carbocycles. The number of aryl methyl sites for hydroxylation is 1. The Morgan fingerprint density at radius 1 is 1.04 bits per heavy atom. The van der Waals surface area contributed by atoms with E-state index in [-0.39, 0.29) is 5.63 Å². The molecule has 0 bridgehead atoms. The fourth-order valence-electron chi connectivity index (χ4n) is 2.66. The third kappa shape index (κ3) is 4.39. The molecule has 0 aliphatic rings. The van der Waals surface area contributed by atoms with Gasteiger partial charge in [0.25, 0.3) is 0 Å². The summed E-state index contributed by atoms with van der Waals surface area (Å²) in [6.07, 6.45) is 0. The minimum atomic E-state index is -0.347. The monoisotopic (exact) mass is 340 g/mol. The molecule has 1 aromatic heterocycles. The van der Waals surface area contributed by atoms with Gasteiger partial charge in [0.1, 0.15) is 36.8 Å². The molecule has 0 unspecified atom stereocenters. The molecule has 0 amide bonds. The van der Waals surface area contributed by atoms with Crippen molar-refractivity contribution in [3.05, 3.63) is 70.1 Å². The molecule has 3 rings (SSSR count). The second kappa shape index (κ2) is 7.85. The predicted octanol–water partition coefficient (Wildman–Crippen LogP) is 2.25. The summed E-state index contributed by atoms with van der Waals surface area (Å²) in [4.78, 5) is 11.8. The van der Waals surface area contributed by atoms with Gasteiger partial charge in [-0.05, 0) is 31.2 Å². The van der Waals surface area contributed by atoms with Gasteiger partial charge in [-0.25, -0.2) is 4.79 Å². The molecule has 1 heterocycles. The zero-order valence-electron chi connectivity index (χ0n) is 14.5. The minimum Gasteiger partial charge on any atom is -0.497 e. The molecule has 130 valence electrons. The Hall–Kier alpha value is -2.79. The Labute approximate surface area is 146 Å². The molecular formula is C20H22NO4+. The maximum absolute atomic E-state index is 11.8. The van der Waals surface area contributed by atoms with Crippen molar-refractivity contribution in [3.63, 3.8) is 0 Å². The number of benzene rings is 2. The fourth-order valence-corrected chi connectivity index (χ4v) is 2.66. The number of nitrogens with two attached hydrogens (primary N) is 1. The molecule has 0 saturated carbocycles. The van der Waals surface area contributed by atoms with Crippen molar-refractivity contribution < 1.29 is 19.2 Å². The van der Waals surface area contributed by atoms with E-state index in [1.54, 1.807) is 19.2 Å². The van der Waals surface area contributed by atoms with Gasteiger partial charge in [0.15, 0.2) is 0 Å². The summed E-state index contributed by atoms with van der Waals surface area (Å²) in [5, 5.41) is 3.04. The van der Waals surface area contributed by atoms with Gasteiger partial charge in [-0.3, -0.25) is 0 Å². The molecule has 25 heavy (non-hydrogen) atoms. The number of ether oxygens (including phenoxy) is 2. The minimum absolute atomic E-state index is 0.347. The number of rotatable bonds is 7. The highest BCUT2D eigenvalue weighted by Gasteiger charge is 2.08. The summed E-state index contributed by atoms with van der Waals surface area (Å²) in [7, 11) is 1.59. The van der Waals surface area contributed by atoms with E-state index >= 15 is 0 Å². The summed E-state index contributed by atoms with van der Waals surface area (Å²) in [6, 6.07) is 15.1. The zero-order chi connectivity index (χ0) is 17.6. The lowest BCUT2D eigenvalue weighted by Crippen LogP contribution is -2.83. The largest absolute Gasteiger partial charge is 0.497 e. The van der Waals surface area contributed by atoms with Crippen LogP contribution >= 0.6 is 0 Å². The van der Waals surface area contributed by atoms with Crippen LogP contribution in [-0.2, 0) is 6.54 Å². The number of hydrogen-bond donors (Lipinski definition) is 1. The molecule has 0 saturated heterocycles. The van der Waals surface area contributed by atoms with Gasteiger partial charge < -0.3 is 19.2 Å². The van der Waals surface area contributed by atoms with Gasteiger partial charge in [-0.2, -0.15) is 0 Å². The van der Waals surface area contributed by atoms with Crippen LogP contribution in [0.5, 0.6) is 11.5 Å². The Kier molecular flexibility index (Phi) is 5.36. The number of fused-ring (bicyclic) bond motifs is 1. The molecule has 5 nitrogen and oxygen atoms in total. The number of methoxy groups -OCH3 is 1. The predicted molar refractivity (Wildman–Crippen MR) is 96.2 cm³/mol. The fraction of sp³-hybridized carbons (Fsp3) is 0.250. The normalized spacial score (nSPS) is 10.8. The summed E-state index contributed by atoms with van der Waals surface area (Å²) in [5.41, 5.74) is 2.36. The third-order valence-electron chi connectivity index (χ3n) is 4.01. The average Bonchev–Trinajstić information content (AvgIpc) is 2.62. The summed E-state index contributed by atoms with van der Waals surface area (Å²) in [6.45, 7) is 4.14. The van der Waals surface area contributed by atoms with E-state index in [1.165, 1.54) is 5.56 Å². The van der Waals surface area contributed by atoms with Crippen LogP contribution in [0, 0.1) is 6.92 Å². The summed E-state index contributed by atoms with van der Waals surface area (Å²) < 4.78 is 16.2. The van der Waals surface area contributed by atoms with Crippen LogP contribution in [0.25, 0.3) is 11.0 Å². The Bertz CT molecular complexity index is 900. The van der Waals surface area contributed by atoms with Gasteiger partial charge >= 0.3 is 5.63 Å². The smallest absolute Gasteiger partial charge is 0.336 e. The van der Waals surface area contributed by atoms with Crippen molar-refractivity contribution in [3.8, 4) is 11.5 Å². The van der Waals surface area contributed by atoms with Crippen LogP contribution in [-0.4, -0.2) is 20.3 Å². The molecule has 0 aliphatic heterocycles. The van der Waals surface area contributed by atoms with Gasteiger partial charge in [0, 0.05) is 23.1 Å². The van der Waals surface area contributed by atoms with E-state index in [4.69, 9.17) is 13.9 Å². The quantitative estimate of drug-likeness (QED) is 0.529.